The Morgan fingerprint density at radius 3 is 2.52 bits per heavy atom. The number of hydrogen-bond acceptors (Lipinski definition) is 3. The topological polar surface area (TPSA) is 62.4 Å². The van der Waals surface area contributed by atoms with Gasteiger partial charge in [0.2, 0.25) is 0 Å². The van der Waals surface area contributed by atoms with Gasteiger partial charge in [-0.3, -0.25) is 15.6 Å². The van der Waals surface area contributed by atoms with Crippen LogP contribution < -0.4 is 20.9 Å². The third-order valence-electron chi connectivity index (χ3n) is 3.57. The van der Waals surface area contributed by atoms with Crippen molar-refractivity contribution in [3.05, 3.63) is 59.4 Å². The monoisotopic (exact) mass is 361 g/mol. The smallest absolute Gasteiger partial charge is 0.279 e. The molecular weight excluding hydrogens is 341 g/mol. The van der Waals surface area contributed by atoms with Crippen LogP contribution in [0.1, 0.15) is 18.1 Å². The third-order valence-corrected chi connectivity index (χ3v) is 3.78. The normalized spacial score (nSPS) is 11.4. The lowest BCUT2D eigenvalue weighted by Gasteiger charge is -2.17. The van der Waals surface area contributed by atoms with Gasteiger partial charge in [-0.05, 0) is 68.4 Å². The Labute approximate surface area is 151 Å². The molecule has 2 rings (SSSR count). The molecule has 25 heavy (non-hydrogen) atoms. The Morgan fingerprint density at radius 1 is 1.12 bits per heavy atom. The summed E-state index contributed by atoms with van der Waals surface area (Å²) in [6, 6.07) is 11.7. The summed E-state index contributed by atoms with van der Waals surface area (Å²) in [5.74, 6) is -0.990. The van der Waals surface area contributed by atoms with Crippen molar-refractivity contribution < 1.29 is 13.9 Å². The number of benzene rings is 2. The van der Waals surface area contributed by atoms with Crippen LogP contribution in [0, 0.1) is 19.7 Å². The molecule has 7 heteroatoms. The SMILES string of the molecule is Cc1ccc(NC(=S)NNC(=O)[C@H](C)Oc2ccccc2F)cc1C. The van der Waals surface area contributed by atoms with E-state index in [0.717, 1.165) is 11.3 Å². The zero-order valence-electron chi connectivity index (χ0n) is 14.2. The molecule has 0 aliphatic carbocycles. The number of anilines is 1. The number of ether oxygens (including phenoxy) is 1. The van der Waals surface area contributed by atoms with Gasteiger partial charge < -0.3 is 10.1 Å². The molecule has 0 bridgehead atoms. The molecule has 2 aromatic carbocycles. The summed E-state index contributed by atoms with van der Waals surface area (Å²) in [4.78, 5) is 12.0. The molecule has 0 spiro atoms. The largest absolute Gasteiger partial charge is 0.478 e. The first-order valence-electron chi connectivity index (χ1n) is 7.72. The summed E-state index contributed by atoms with van der Waals surface area (Å²) in [6.45, 7) is 5.54. The molecule has 0 fully saturated rings. The van der Waals surface area contributed by atoms with E-state index in [4.69, 9.17) is 17.0 Å². The molecule has 0 aliphatic rings. The second-order valence-electron chi connectivity index (χ2n) is 5.56. The number of carbonyl (C=O) groups is 1. The third kappa shape index (κ3) is 5.42. The van der Waals surface area contributed by atoms with Gasteiger partial charge in [0.05, 0.1) is 0 Å². The Kier molecular flexibility index (Phi) is 6.30. The number of aryl methyl sites for hydroxylation is 2. The second kappa shape index (κ2) is 8.43. The highest BCUT2D eigenvalue weighted by atomic mass is 32.1. The number of nitrogens with one attached hydrogen (secondary N) is 3. The van der Waals surface area contributed by atoms with Crippen LogP contribution in [0.5, 0.6) is 5.75 Å². The number of hydrazine groups is 1. The van der Waals surface area contributed by atoms with Gasteiger partial charge in [-0.1, -0.05) is 18.2 Å². The maximum absolute atomic E-state index is 13.5. The molecule has 0 saturated heterocycles. The Morgan fingerprint density at radius 2 is 1.84 bits per heavy atom. The van der Waals surface area contributed by atoms with Crippen molar-refractivity contribution >= 4 is 28.9 Å². The van der Waals surface area contributed by atoms with Crippen molar-refractivity contribution in [2.24, 2.45) is 0 Å². The quantitative estimate of drug-likeness (QED) is 0.576. The molecule has 0 saturated carbocycles. The number of hydrogen-bond donors (Lipinski definition) is 3. The fourth-order valence-corrected chi connectivity index (χ4v) is 2.15. The molecule has 2 aromatic rings. The van der Waals surface area contributed by atoms with Crippen LogP contribution in [0.25, 0.3) is 0 Å². The van der Waals surface area contributed by atoms with E-state index in [-0.39, 0.29) is 10.9 Å². The maximum atomic E-state index is 13.5. The van der Waals surface area contributed by atoms with E-state index in [1.807, 2.05) is 32.0 Å². The lowest BCUT2D eigenvalue weighted by Crippen LogP contribution is -2.48. The van der Waals surface area contributed by atoms with Crippen LogP contribution in [0.4, 0.5) is 10.1 Å². The van der Waals surface area contributed by atoms with Crippen LogP contribution in [0.2, 0.25) is 0 Å². The molecule has 0 unspecified atom stereocenters. The first-order chi connectivity index (χ1) is 11.9. The molecule has 132 valence electrons. The molecule has 0 aromatic heterocycles. The average molecular weight is 361 g/mol. The highest BCUT2D eigenvalue weighted by Gasteiger charge is 2.16. The average Bonchev–Trinajstić information content (AvgIpc) is 2.58. The van der Waals surface area contributed by atoms with E-state index in [1.54, 1.807) is 12.1 Å². The summed E-state index contributed by atoms with van der Waals surface area (Å²) in [5.41, 5.74) is 8.14. The molecule has 0 aliphatic heterocycles. The Bertz CT molecular complexity index is 783. The lowest BCUT2D eigenvalue weighted by molar-refractivity contribution is -0.127. The van der Waals surface area contributed by atoms with Gasteiger partial charge in [-0.2, -0.15) is 0 Å². The number of halogens is 1. The van der Waals surface area contributed by atoms with Crippen LogP contribution in [0.3, 0.4) is 0 Å². The van der Waals surface area contributed by atoms with Crippen LogP contribution >= 0.6 is 12.2 Å². The highest BCUT2D eigenvalue weighted by Crippen LogP contribution is 2.17. The standard InChI is InChI=1S/C18H20FN3O2S/c1-11-8-9-14(10-12(11)2)20-18(25)22-21-17(23)13(3)24-16-7-5-4-6-15(16)19/h4-10,13H,1-3H3,(H,21,23)(H2,20,22,25)/t13-/m0/s1. The zero-order chi connectivity index (χ0) is 18.4. The summed E-state index contributed by atoms with van der Waals surface area (Å²) in [7, 11) is 0. The van der Waals surface area contributed by atoms with Crippen molar-refractivity contribution in [1.29, 1.82) is 0 Å². The fourth-order valence-electron chi connectivity index (χ4n) is 1.99. The first kappa shape index (κ1) is 18.7. The summed E-state index contributed by atoms with van der Waals surface area (Å²) in [5, 5.41) is 3.20. The number of para-hydroxylation sites is 1. The molecule has 0 radical (unpaired) electrons. The van der Waals surface area contributed by atoms with Gasteiger partial charge in [0, 0.05) is 5.69 Å². The second-order valence-corrected chi connectivity index (χ2v) is 5.97. The van der Waals surface area contributed by atoms with Crippen molar-refractivity contribution in [2.45, 2.75) is 26.9 Å². The molecule has 1 atom stereocenters. The van der Waals surface area contributed by atoms with Crippen molar-refractivity contribution in [1.82, 2.24) is 10.9 Å². The van der Waals surface area contributed by atoms with E-state index in [9.17, 15) is 9.18 Å². The predicted octanol–water partition coefficient (Wildman–Crippen LogP) is 3.23. The van der Waals surface area contributed by atoms with Crippen LogP contribution in [-0.4, -0.2) is 17.1 Å². The molecule has 1 amide bonds. The lowest BCUT2D eigenvalue weighted by atomic mass is 10.1. The number of thiocarbonyl (C=S) groups is 1. The van der Waals surface area contributed by atoms with Crippen molar-refractivity contribution in [2.75, 3.05) is 5.32 Å². The van der Waals surface area contributed by atoms with E-state index >= 15 is 0 Å². The zero-order valence-corrected chi connectivity index (χ0v) is 15.0. The van der Waals surface area contributed by atoms with Gasteiger partial charge in [0.25, 0.3) is 5.91 Å². The number of rotatable bonds is 4. The number of amides is 1. The van der Waals surface area contributed by atoms with Crippen molar-refractivity contribution in [3.8, 4) is 5.75 Å². The molecule has 5 nitrogen and oxygen atoms in total. The van der Waals surface area contributed by atoms with E-state index in [0.29, 0.717) is 0 Å². The van der Waals surface area contributed by atoms with E-state index < -0.39 is 17.8 Å². The predicted molar refractivity (Wildman–Crippen MR) is 99.9 cm³/mol. The Hall–Kier alpha value is -2.67. The fraction of sp³-hybridized carbons (Fsp3) is 0.222. The van der Waals surface area contributed by atoms with Crippen LogP contribution in [-0.2, 0) is 4.79 Å². The minimum Gasteiger partial charge on any atom is -0.478 e. The highest BCUT2D eigenvalue weighted by molar-refractivity contribution is 7.80. The minimum atomic E-state index is -0.895. The molecular formula is C18H20FN3O2S. The van der Waals surface area contributed by atoms with E-state index in [1.165, 1.54) is 24.6 Å². The van der Waals surface area contributed by atoms with Crippen LogP contribution in [0.15, 0.2) is 42.5 Å². The number of carbonyl (C=O) groups excluding carboxylic acids is 1. The van der Waals surface area contributed by atoms with Gasteiger partial charge in [-0.25, -0.2) is 4.39 Å². The summed E-state index contributed by atoms with van der Waals surface area (Å²) >= 11 is 5.13. The van der Waals surface area contributed by atoms with Gasteiger partial charge in [-0.15, -0.1) is 0 Å². The maximum Gasteiger partial charge on any atom is 0.279 e. The minimum absolute atomic E-state index is 0.0148. The van der Waals surface area contributed by atoms with Crippen molar-refractivity contribution in [3.63, 3.8) is 0 Å². The summed E-state index contributed by atoms with van der Waals surface area (Å²) < 4.78 is 18.8. The Balaban J connectivity index is 1.83. The first-order valence-corrected chi connectivity index (χ1v) is 8.13. The summed E-state index contributed by atoms with van der Waals surface area (Å²) in [6.07, 6.45) is -0.895. The van der Waals surface area contributed by atoms with E-state index in [2.05, 4.69) is 16.2 Å². The molecule has 3 N–H and O–H groups in total. The van der Waals surface area contributed by atoms with Gasteiger partial charge in [0.1, 0.15) is 0 Å². The van der Waals surface area contributed by atoms with Gasteiger partial charge >= 0.3 is 0 Å². The van der Waals surface area contributed by atoms with Gasteiger partial charge in [0.15, 0.2) is 22.8 Å². The molecule has 0 heterocycles.